The summed E-state index contributed by atoms with van der Waals surface area (Å²) in [6.45, 7) is 4.54. The van der Waals surface area contributed by atoms with Crippen LogP contribution in [0.4, 0.5) is 14.7 Å². The van der Waals surface area contributed by atoms with Gasteiger partial charge in [-0.3, -0.25) is 0 Å². The monoisotopic (exact) mass is 568 g/mol. The van der Waals surface area contributed by atoms with Crippen LogP contribution in [0.25, 0.3) is 22.0 Å². The maximum atomic E-state index is 14.9. The average Bonchev–Trinajstić information content (AvgIpc) is 2.92. The van der Waals surface area contributed by atoms with Gasteiger partial charge >= 0.3 is 0 Å². The lowest BCUT2D eigenvalue weighted by Gasteiger charge is -2.26. The minimum atomic E-state index is -3.49. The van der Waals surface area contributed by atoms with Crippen molar-refractivity contribution in [3.63, 3.8) is 0 Å². The molecule has 40 heavy (non-hydrogen) atoms. The number of nitrogens with one attached hydrogen (secondary N) is 2. The predicted octanol–water partition coefficient (Wildman–Crippen LogP) is 4.76. The van der Waals surface area contributed by atoms with Crippen molar-refractivity contribution in [2.45, 2.75) is 44.7 Å². The number of benzene rings is 2. The fourth-order valence-electron chi connectivity index (χ4n) is 4.85. The lowest BCUT2D eigenvalue weighted by Crippen LogP contribution is -2.44. The average molecular weight is 569 g/mol. The van der Waals surface area contributed by atoms with Crippen molar-refractivity contribution in [2.75, 3.05) is 24.2 Å². The summed E-state index contributed by atoms with van der Waals surface area (Å²) in [6.07, 6.45) is 2.97. The van der Waals surface area contributed by atoms with E-state index in [1.807, 2.05) is 6.92 Å². The molecule has 0 aliphatic carbocycles. The summed E-state index contributed by atoms with van der Waals surface area (Å²) in [4.78, 5) is 8.88. The molecule has 0 radical (unpaired) electrons. The van der Waals surface area contributed by atoms with E-state index in [0.717, 1.165) is 5.56 Å². The number of aryl methyl sites for hydroxylation is 1. The summed E-state index contributed by atoms with van der Waals surface area (Å²) < 4.78 is 60.1. The van der Waals surface area contributed by atoms with Crippen LogP contribution in [0.3, 0.4) is 0 Å². The third kappa shape index (κ3) is 6.18. The smallest absolute Gasteiger partial charge is 0.248 e. The molecule has 2 aromatic carbocycles. The molecule has 1 fully saturated rings. The summed E-state index contributed by atoms with van der Waals surface area (Å²) in [7, 11) is -3.49. The van der Waals surface area contributed by atoms with Crippen molar-refractivity contribution < 1.29 is 21.9 Å². The second kappa shape index (κ2) is 11.8. The number of aromatic nitrogens is 4. The Morgan fingerprint density at radius 2 is 1.93 bits per heavy atom. The quantitative estimate of drug-likeness (QED) is 0.294. The molecule has 4 aromatic rings. The molecule has 2 aromatic heterocycles. The van der Waals surface area contributed by atoms with Gasteiger partial charge in [0.15, 0.2) is 9.84 Å². The highest BCUT2D eigenvalue weighted by atomic mass is 32.2. The molecule has 2 atom stereocenters. The van der Waals surface area contributed by atoms with Gasteiger partial charge in [0.05, 0.1) is 29.0 Å². The van der Waals surface area contributed by atoms with Crippen LogP contribution in [0.15, 0.2) is 48.8 Å². The number of hydrogen-bond acceptors (Lipinski definition) is 9. The molecule has 9 nitrogen and oxygen atoms in total. The zero-order chi connectivity index (χ0) is 28.3. The predicted molar refractivity (Wildman–Crippen MR) is 149 cm³/mol. The Hall–Kier alpha value is -3.77. The third-order valence-electron chi connectivity index (χ3n) is 6.73. The molecule has 1 saturated heterocycles. The van der Waals surface area contributed by atoms with Crippen molar-refractivity contribution >= 4 is 26.6 Å². The van der Waals surface area contributed by atoms with E-state index < -0.39 is 27.6 Å². The van der Waals surface area contributed by atoms with Gasteiger partial charge in [0.1, 0.15) is 17.7 Å². The van der Waals surface area contributed by atoms with Crippen molar-refractivity contribution in [3.8, 4) is 22.9 Å². The van der Waals surface area contributed by atoms with Crippen LogP contribution < -0.4 is 15.4 Å². The zero-order valence-electron chi connectivity index (χ0n) is 22.2. The Labute approximate surface area is 231 Å². The Kier molecular flexibility index (Phi) is 8.17. The van der Waals surface area contributed by atoms with Gasteiger partial charge in [-0.2, -0.15) is 5.10 Å². The van der Waals surface area contributed by atoms with E-state index in [2.05, 4.69) is 30.8 Å². The van der Waals surface area contributed by atoms with Crippen molar-refractivity contribution in [2.24, 2.45) is 0 Å². The van der Waals surface area contributed by atoms with Gasteiger partial charge in [-0.15, -0.1) is 5.10 Å². The first-order valence-corrected chi connectivity index (χ1v) is 14.9. The Morgan fingerprint density at radius 1 is 1.10 bits per heavy atom. The number of nitrogens with zero attached hydrogens (tertiary/aromatic N) is 4. The van der Waals surface area contributed by atoms with E-state index >= 15 is 0 Å². The standard InChI is InChI=1S/C28H30F2N6O3S/c1-3-12-40(37,38)16-23-20-5-4-17(2)26(21(20)6-7-24(23)30)39-27-22(8-11-33-36-27)25-9-10-32-28(35-25)34-19-13-18(29)14-31-15-19/h4-11,18-19,31H,3,12-16H2,1-2H3,(H,32,34,35)/t18-,19-/m0/s1. The fraction of sp³-hybridized carbons (Fsp3) is 0.357. The molecule has 3 heterocycles. The summed E-state index contributed by atoms with van der Waals surface area (Å²) >= 11 is 0. The van der Waals surface area contributed by atoms with Gasteiger partial charge in [0, 0.05) is 42.7 Å². The number of sulfone groups is 1. The molecule has 0 spiro atoms. The van der Waals surface area contributed by atoms with Gasteiger partial charge in [-0.05, 0) is 48.6 Å². The van der Waals surface area contributed by atoms with Crippen molar-refractivity contribution in [1.29, 1.82) is 0 Å². The lowest BCUT2D eigenvalue weighted by atomic mass is 10.0. The number of halogens is 2. The van der Waals surface area contributed by atoms with Crippen molar-refractivity contribution in [3.05, 3.63) is 65.7 Å². The molecule has 12 heteroatoms. The normalized spacial score (nSPS) is 17.6. The SMILES string of the molecule is CCCS(=O)(=O)Cc1c(F)ccc2c(Oc3nnccc3-c3ccnc(N[C@@H]4CNC[C@@H](F)C4)n3)c(C)ccc12. The maximum Gasteiger partial charge on any atom is 0.248 e. The minimum Gasteiger partial charge on any atom is -0.436 e. The first-order valence-electron chi connectivity index (χ1n) is 13.1. The van der Waals surface area contributed by atoms with E-state index in [9.17, 15) is 17.2 Å². The van der Waals surface area contributed by atoms with Crippen LogP contribution in [-0.4, -0.2) is 59.6 Å². The summed E-state index contributed by atoms with van der Waals surface area (Å²) in [5.74, 6) is -0.105. The maximum absolute atomic E-state index is 14.9. The summed E-state index contributed by atoms with van der Waals surface area (Å²) in [6, 6.07) is 9.55. The van der Waals surface area contributed by atoms with Gasteiger partial charge < -0.3 is 15.4 Å². The lowest BCUT2D eigenvalue weighted by molar-refractivity contribution is 0.254. The van der Waals surface area contributed by atoms with Crippen LogP contribution in [0.2, 0.25) is 0 Å². The number of ether oxygens (including phenoxy) is 1. The molecule has 1 aliphatic heterocycles. The highest BCUT2D eigenvalue weighted by Crippen LogP contribution is 2.38. The van der Waals surface area contributed by atoms with E-state index in [0.29, 0.717) is 59.7 Å². The van der Waals surface area contributed by atoms with Gasteiger partial charge in [0.25, 0.3) is 0 Å². The Balaban J connectivity index is 1.50. The Bertz CT molecular complexity index is 1640. The molecule has 1 aliphatic rings. The number of rotatable bonds is 9. The Morgan fingerprint density at radius 3 is 2.73 bits per heavy atom. The van der Waals surface area contributed by atoms with Crippen LogP contribution in [-0.2, 0) is 15.6 Å². The number of hydrogen-bond donors (Lipinski definition) is 2. The first-order chi connectivity index (χ1) is 19.2. The number of anilines is 1. The van der Waals surface area contributed by atoms with Crippen LogP contribution >= 0.6 is 0 Å². The number of alkyl halides is 1. The summed E-state index contributed by atoms with van der Waals surface area (Å²) in [5, 5.41) is 15.4. The van der Waals surface area contributed by atoms with Crippen LogP contribution in [0.5, 0.6) is 11.6 Å². The second-order valence-electron chi connectivity index (χ2n) is 9.87. The van der Waals surface area contributed by atoms with E-state index in [1.54, 1.807) is 43.5 Å². The third-order valence-corrected chi connectivity index (χ3v) is 8.49. The summed E-state index contributed by atoms with van der Waals surface area (Å²) in [5.41, 5.74) is 1.90. The molecular formula is C28H30F2N6O3S. The van der Waals surface area contributed by atoms with Gasteiger partial charge in [0.2, 0.25) is 11.8 Å². The molecular weight excluding hydrogens is 538 g/mol. The van der Waals surface area contributed by atoms with Crippen LogP contribution in [0, 0.1) is 12.7 Å². The van der Waals surface area contributed by atoms with Gasteiger partial charge in [-0.25, -0.2) is 27.2 Å². The minimum absolute atomic E-state index is 0.0254. The zero-order valence-corrected chi connectivity index (χ0v) is 23.0. The van der Waals surface area contributed by atoms with Crippen LogP contribution in [0.1, 0.15) is 30.9 Å². The molecule has 210 valence electrons. The number of fused-ring (bicyclic) bond motifs is 1. The largest absolute Gasteiger partial charge is 0.436 e. The highest BCUT2D eigenvalue weighted by molar-refractivity contribution is 7.90. The van der Waals surface area contributed by atoms with Crippen molar-refractivity contribution in [1.82, 2.24) is 25.5 Å². The molecule has 0 bridgehead atoms. The number of piperidine rings is 1. The molecule has 0 saturated carbocycles. The molecule has 0 amide bonds. The van der Waals surface area contributed by atoms with E-state index in [4.69, 9.17) is 4.74 Å². The van der Waals surface area contributed by atoms with Gasteiger partial charge in [-0.1, -0.05) is 19.1 Å². The molecule has 5 rings (SSSR count). The first kappa shape index (κ1) is 27.8. The van der Waals surface area contributed by atoms with E-state index in [-0.39, 0.29) is 23.2 Å². The topological polar surface area (TPSA) is 119 Å². The highest BCUT2D eigenvalue weighted by Gasteiger charge is 2.23. The fourth-order valence-corrected chi connectivity index (χ4v) is 6.35. The second-order valence-corrected chi connectivity index (χ2v) is 12.1. The van der Waals surface area contributed by atoms with E-state index in [1.165, 1.54) is 12.3 Å². The molecule has 0 unspecified atom stereocenters. The molecule has 2 N–H and O–H groups in total.